The number of rotatable bonds is 0. The minimum Gasteiger partial charge on any atom is -0.388 e. The van der Waals surface area contributed by atoms with Crippen molar-refractivity contribution in [1.29, 1.82) is 0 Å². The van der Waals surface area contributed by atoms with Gasteiger partial charge in [-0.15, -0.1) is 0 Å². The van der Waals surface area contributed by atoms with E-state index < -0.39 is 11.9 Å². The SMILES string of the molecule is OC1CCCCCC1(O)O. The predicted molar refractivity (Wildman–Crippen MR) is 36.3 cm³/mol. The molecule has 1 saturated carbocycles. The first-order chi connectivity index (χ1) is 4.63. The molecular weight excluding hydrogens is 132 g/mol. The van der Waals surface area contributed by atoms with Crippen LogP contribution in [0.5, 0.6) is 0 Å². The zero-order chi connectivity index (χ0) is 7.61. The van der Waals surface area contributed by atoms with Gasteiger partial charge in [-0.25, -0.2) is 0 Å². The van der Waals surface area contributed by atoms with Gasteiger partial charge in [-0.2, -0.15) is 0 Å². The van der Waals surface area contributed by atoms with Gasteiger partial charge in [0, 0.05) is 6.42 Å². The predicted octanol–water partition coefficient (Wildman–Crippen LogP) is -0.00770. The smallest absolute Gasteiger partial charge is 0.189 e. The molecule has 0 spiro atoms. The van der Waals surface area contributed by atoms with Gasteiger partial charge in [0.2, 0.25) is 0 Å². The van der Waals surface area contributed by atoms with Crippen LogP contribution in [0.2, 0.25) is 0 Å². The summed E-state index contributed by atoms with van der Waals surface area (Å²) in [5.41, 5.74) is 0. The van der Waals surface area contributed by atoms with E-state index in [9.17, 15) is 0 Å². The van der Waals surface area contributed by atoms with E-state index in [1.165, 1.54) is 0 Å². The first kappa shape index (κ1) is 7.98. The lowest BCUT2D eigenvalue weighted by Crippen LogP contribution is -2.40. The first-order valence-corrected chi connectivity index (χ1v) is 3.76. The fourth-order valence-corrected chi connectivity index (χ4v) is 1.30. The van der Waals surface area contributed by atoms with Crippen LogP contribution in [0.25, 0.3) is 0 Å². The molecule has 0 aliphatic heterocycles. The average molecular weight is 146 g/mol. The average Bonchev–Trinajstić information content (AvgIpc) is 1.96. The minimum absolute atomic E-state index is 0.300. The van der Waals surface area contributed by atoms with Crippen molar-refractivity contribution >= 4 is 0 Å². The summed E-state index contributed by atoms with van der Waals surface area (Å²) >= 11 is 0. The molecule has 0 heterocycles. The number of aliphatic hydroxyl groups excluding tert-OH is 1. The van der Waals surface area contributed by atoms with Gasteiger partial charge in [-0.1, -0.05) is 12.8 Å². The maximum atomic E-state index is 9.13. The zero-order valence-electron chi connectivity index (χ0n) is 5.95. The molecule has 0 radical (unpaired) electrons. The lowest BCUT2D eigenvalue weighted by molar-refractivity contribution is -0.226. The Bertz CT molecular complexity index is 111. The molecule has 1 atom stereocenters. The molecular formula is C7H14O3. The van der Waals surface area contributed by atoms with Crippen molar-refractivity contribution in [2.75, 3.05) is 0 Å². The fraction of sp³-hybridized carbons (Fsp3) is 1.00. The van der Waals surface area contributed by atoms with Crippen molar-refractivity contribution in [1.82, 2.24) is 0 Å². The molecule has 0 bridgehead atoms. The van der Waals surface area contributed by atoms with Gasteiger partial charge in [-0.05, 0) is 12.8 Å². The van der Waals surface area contributed by atoms with Crippen molar-refractivity contribution in [3.05, 3.63) is 0 Å². The lowest BCUT2D eigenvalue weighted by Gasteiger charge is -2.24. The fourth-order valence-electron chi connectivity index (χ4n) is 1.30. The van der Waals surface area contributed by atoms with E-state index in [4.69, 9.17) is 15.3 Å². The van der Waals surface area contributed by atoms with Crippen LogP contribution in [0, 0.1) is 0 Å². The van der Waals surface area contributed by atoms with E-state index in [1.54, 1.807) is 0 Å². The van der Waals surface area contributed by atoms with Crippen LogP contribution in [-0.4, -0.2) is 27.2 Å². The molecule has 0 amide bonds. The van der Waals surface area contributed by atoms with Crippen LogP contribution in [0.1, 0.15) is 32.1 Å². The third kappa shape index (κ3) is 1.68. The Kier molecular flexibility index (Phi) is 2.28. The monoisotopic (exact) mass is 146 g/mol. The highest BCUT2D eigenvalue weighted by molar-refractivity contribution is 4.77. The molecule has 3 N–H and O–H groups in total. The van der Waals surface area contributed by atoms with E-state index >= 15 is 0 Å². The summed E-state index contributed by atoms with van der Waals surface area (Å²) in [6.07, 6.45) is 2.53. The molecule has 3 heteroatoms. The third-order valence-electron chi connectivity index (χ3n) is 2.06. The van der Waals surface area contributed by atoms with E-state index in [1.807, 2.05) is 0 Å². The summed E-state index contributed by atoms with van der Waals surface area (Å²) < 4.78 is 0. The summed E-state index contributed by atoms with van der Waals surface area (Å²) in [4.78, 5) is 0. The van der Waals surface area contributed by atoms with Gasteiger partial charge in [0.05, 0.1) is 0 Å². The highest BCUT2D eigenvalue weighted by atomic mass is 16.5. The van der Waals surface area contributed by atoms with Crippen LogP contribution in [0.3, 0.4) is 0 Å². The Hall–Kier alpha value is -0.120. The third-order valence-corrected chi connectivity index (χ3v) is 2.06. The van der Waals surface area contributed by atoms with Crippen molar-refractivity contribution < 1.29 is 15.3 Å². The Morgan fingerprint density at radius 3 is 2.50 bits per heavy atom. The molecule has 1 rings (SSSR count). The Morgan fingerprint density at radius 1 is 1.10 bits per heavy atom. The minimum atomic E-state index is -1.82. The second kappa shape index (κ2) is 2.86. The molecule has 3 nitrogen and oxygen atoms in total. The van der Waals surface area contributed by atoms with E-state index in [0.717, 1.165) is 19.3 Å². The highest BCUT2D eigenvalue weighted by Crippen LogP contribution is 2.24. The molecule has 1 fully saturated rings. The second-order valence-corrected chi connectivity index (χ2v) is 2.99. The van der Waals surface area contributed by atoms with Crippen molar-refractivity contribution in [3.8, 4) is 0 Å². The normalized spacial score (nSPS) is 33.3. The lowest BCUT2D eigenvalue weighted by atomic mass is 10.1. The standard InChI is InChI=1S/C7H14O3/c8-6-4-2-1-3-5-7(6,9)10/h6,8-10H,1-5H2. The summed E-state index contributed by atoms with van der Waals surface area (Å²) in [5.74, 6) is -1.82. The Balaban J connectivity index is 2.52. The molecule has 1 aliphatic carbocycles. The van der Waals surface area contributed by atoms with Crippen LogP contribution >= 0.6 is 0 Å². The van der Waals surface area contributed by atoms with Gasteiger partial charge >= 0.3 is 0 Å². The molecule has 0 aromatic heterocycles. The maximum Gasteiger partial charge on any atom is 0.189 e. The van der Waals surface area contributed by atoms with Crippen LogP contribution in [0.4, 0.5) is 0 Å². The van der Waals surface area contributed by atoms with Gasteiger partial charge in [-0.3, -0.25) is 0 Å². The summed E-state index contributed by atoms with van der Waals surface area (Å²) in [7, 11) is 0. The second-order valence-electron chi connectivity index (χ2n) is 2.99. The summed E-state index contributed by atoms with van der Waals surface area (Å²) in [5, 5.41) is 27.4. The van der Waals surface area contributed by atoms with E-state index in [-0.39, 0.29) is 0 Å². The van der Waals surface area contributed by atoms with Crippen LogP contribution in [0.15, 0.2) is 0 Å². The molecule has 1 aliphatic rings. The zero-order valence-corrected chi connectivity index (χ0v) is 5.95. The first-order valence-electron chi connectivity index (χ1n) is 3.76. The Labute approximate surface area is 60.3 Å². The van der Waals surface area contributed by atoms with Crippen LogP contribution < -0.4 is 0 Å². The maximum absolute atomic E-state index is 9.13. The van der Waals surface area contributed by atoms with E-state index in [0.29, 0.717) is 12.8 Å². The van der Waals surface area contributed by atoms with E-state index in [2.05, 4.69) is 0 Å². The highest BCUT2D eigenvalue weighted by Gasteiger charge is 2.33. The van der Waals surface area contributed by atoms with Crippen molar-refractivity contribution in [3.63, 3.8) is 0 Å². The molecule has 0 aromatic carbocycles. The summed E-state index contributed by atoms with van der Waals surface area (Å²) in [6.45, 7) is 0. The van der Waals surface area contributed by atoms with Gasteiger partial charge in [0.25, 0.3) is 0 Å². The van der Waals surface area contributed by atoms with Crippen LogP contribution in [-0.2, 0) is 0 Å². The number of hydrogen-bond donors (Lipinski definition) is 3. The Morgan fingerprint density at radius 2 is 1.80 bits per heavy atom. The molecule has 0 aromatic rings. The topological polar surface area (TPSA) is 60.7 Å². The number of hydrogen-bond acceptors (Lipinski definition) is 3. The van der Waals surface area contributed by atoms with Gasteiger partial charge < -0.3 is 15.3 Å². The largest absolute Gasteiger partial charge is 0.388 e. The van der Waals surface area contributed by atoms with Gasteiger partial charge in [0.15, 0.2) is 5.79 Å². The van der Waals surface area contributed by atoms with Gasteiger partial charge in [0.1, 0.15) is 6.10 Å². The van der Waals surface area contributed by atoms with Crippen molar-refractivity contribution in [2.45, 2.75) is 44.0 Å². The quantitative estimate of drug-likeness (QED) is 0.333. The van der Waals surface area contributed by atoms with Crippen molar-refractivity contribution in [2.24, 2.45) is 0 Å². The molecule has 1 unspecified atom stereocenters. The number of aliphatic hydroxyl groups is 3. The molecule has 0 saturated heterocycles. The summed E-state index contributed by atoms with van der Waals surface area (Å²) in [6, 6.07) is 0. The molecule has 10 heavy (non-hydrogen) atoms. The molecule has 60 valence electrons.